The highest BCUT2D eigenvalue weighted by molar-refractivity contribution is 7.99. The minimum atomic E-state index is -0.0470. The summed E-state index contributed by atoms with van der Waals surface area (Å²) < 4.78 is 1.55. The Morgan fingerprint density at radius 1 is 1.56 bits per heavy atom. The first-order valence-corrected chi connectivity index (χ1v) is 6.82. The highest BCUT2D eigenvalue weighted by Crippen LogP contribution is 2.29. The van der Waals surface area contributed by atoms with Crippen LogP contribution in [0.5, 0.6) is 0 Å². The van der Waals surface area contributed by atoms with Crippen LogP contribution >= 0.6 is 11.8 Å². The van der Waals surface area contributed by atoms with Gasteiger partial charge in [0.1, 0.15) is 0 Å². The predicted molar refractivity (Wildman–Crippen MR) is 68.0 cm³/mol. The Balaban J connectivity index is 2.15. The highest BCUT2D eigenvalue weighted by atomic mass is 32.2. The molecule has 0 spiro atoms. The molecule has 2 rings (SSSR count). The Bertz CT molecular complexity index is 418. The van der Waals surface area contributed by atoms with E-state index in [0.717, 1.165) is 6.42 Å². The van der Waals surface area contributed by atoms with Gasteiger partial charge in [-0.3, -0.25) is 4.79 Å². The van der Waals surface area contributed by atoms with E-state index in [4.69, 9.17) is 0 Å². The van der Waals surface area contributed by atoms with Crippen molar-refractivity contribution in [2.24, 2.45) is 7.05 Å². The fourth-order valence-electron chi connectivity index (χ4n) is 2.15. The minimum absolute atomic E-state index is 0.0470. The monoisotopic (exact) mass is 239 g/mol. The van der Waals surface area contributed by atoms with Gasteiger partial charge in [0.25, 0.3) is 5.56 Å². The van der Waals surface area contributed by atoms with Crippen LogP contribution in [0.4, 0.5) is 5.82 Å². The van der Waals surface area contributed by atoms with Crippen LogP contribution in [0, 0.1) is 0 Å². The topological polar surface area (TPSA) is 46.9 Å². The van der Waals surface area contributed by atoms with E-state index in [-0.39, 0.29) is 5.56 Å². The molecule has 2 atom stereocenters. The maximum Gasteiger partial charge on any atom is 0.293 e. The number of hydrogen-bond donors (Lipinski definition) is 1. The molecule has 0 aliphatic heterocycles. The quantitative estimate of drug-likeness (QED) is 0.868. The fraction of sp³-hybridized carbons (Fsp3) is 0.636. The second-order valence-corrected chi connectivity index (χ2v) is 5.22. The van der Waals surface area contributed by atoms with Crippen molar-refractivity contribution in [3.8, 4) is 0 Å². The average molecular weight is 239 g/mol. The van der Waals surface area contributed by atoms with Crippen molar-refractivity contribution >= 4 is 17.6 Å². The normalized spacial score (nSPS) is 24.6. The van der Waals surface area contributed by atoms with Gasteiger partial charge in [0.05, 0.1) is 0 Å². The molecular formula is C11H17N3OS. The van der Waals surface area contributed by atoms with Crippen molar-refractivity contribution in [1.82, 2.24) is 9.55 Å². The molecule has 1 aliphatic rings. The SMILES string of the molecule is CSC1CCCC1Nc1nccn(C)c1=O. The van der Waals surface area contributed by atoms with Gasteiger partial charge in [-0.15, -0.1) is 0 Å². The zero-order valence-corrected chi connectivity index (χ0v) is 10.5. The van der Waals surface area contributed by atoms with Gasteiger partial charge in [0.15, 0.2) is 5.82 Å². The number of hydrogen-bond acceptors (Lipinski definition) is 4. The Morgan fingerprint density at radius 3 is 3.12 bits per heavy atom. The molecule has 1 saturated carbocycles. The van der Waals surface area contributed by atoms with E-state index in [1.165, 1.54) is 12.8 Å². The van der Waals surface area contributed by atoms with Crippen LogP contribution in [0.1, 0.15) is 19.3 Å². The molecule has 0 amide bonds. The second-order valence-electron chi connectivity index (χ2n) is 4.15. The molecule has 16 heavy (non-hydrogen) atoms. The van der Waals surface area contributed by atoms with Crippen molar-refractivity contribution < 1.29 is 0 Å². The molecule has 1 N–H and O–H groups in total. The van der Waals surface area contributed by atoms with Gasteiger partial charge in [-0.1, -0.05) is 6.42 Å². The smallest absolute Gasteiger partial charge is 0.293 e. The number of nitrogens with one attached hydrogen (secondary N) is 1. The summed E-state index contributed by atoms with van der Waals surface area (Å²) in [5.41, 5.74) is -0.0470. The van der Waals surface area contributed by atoms with Gasteiger partial charge in [-0.05, 0) is 19.1 Å². The number of rotatable bonds is 3. The van der Waals surface area contributed by atoms with Crippen molar-refractivity contribution in [2.75, 3.05) is 11.6 Å². The first-order chi connectivity index (χ1) is 7.72. The Morgan fingerprint density at radius 2 is 2.38 bits per heavy atom. The number of aryl methyl sites for hydroxylation is 1. The summed E-state index contributed by atoms with van der Waals surface area (Å²) >= 11 is 1.87. The second kappa shape index (κ2) is 4.91. The molecule has 2 unspecified atom stereocenters. The summed E-state index contributed by atoms with van der Waals surface area (Å²) in [4.78, 5) is 15.9. The van der Waals surface area contributed by atoms with Gasteiger partial charge >= 0.3 is 0 Å². The van der Waals surface area contributed by atoms with Crippen LogP contribution in [0.3, 0.4) is 0 Å². The molecule has 4 nitrogen and oxygen atoms in total. The van der Waals surface area contributed by atoms with Crippen LogP contribution in [-0.4, -0.2) is 27.1 Å². The minimum Gasteiger partial charge on any atom is -0.362 e. The average Bonchev–Trinajstić information content (AvgIpc) is 2.72. The first kappa shape index (κ1) is 11.5. The number of thioether (sulfide) groups is 1. The molecule has 1 aromatic rings. The van der Waals surface area contributed by atoms with Gasteiger partial charge < -0.3 is 9.88 Å². The lowest BCUT2D eigenvalue weighted by molar-refractivity contribution is 0.749. The standard InChI is InChI=1S/C11H17N3OS/c1-14-7-6-12-10(11(14)15)13-8-4-3-5-9(8)16-2/h6-9H,3-5H2,1-2H3,(H,12,13). The largest absolute Gasteiger partial charge is 0.362 e. The van der Waals surface area contributed by atoms with Gasteiger partial charge in [0, 0.05) is 30.7 Å². The van der Waals surface area contributed by atoms with E-state index in [1.54, 1.807) is 24.0 Å². The molecule has 1 aliphatic carbocycles. The fourth-order valence-corrected chi connectivity index (χ4v) is 3.08. The van der Waals surface area contributed by atoms with Crippen LogP contribution < -0.4 is 10.9 Å². The third kappa shape index (κ3) is 2.24. The lowest BCUT2D eigenvalue weighted by atomic mass is 10.2. The lowest BCUT2D eigenvalue weighted by Gasteiger charge is -2.19. The van der Waals surface area contributed by atoms with Crippen molar-refractivity contribution in [3.05, 3.63) is 22.7 Å². The van der Waals surface area contributed by atoms with Crippen LogP contribution in [-0.2, 0) is 7.05 Å². The molecule has 5 heteroatoms. The number of aromatic nitrogens is 2. The van der Waals surface area contributed by atoms with E-state index < -0.39 is 0 Å². The van der Waals surface area contributed by atoms with E-state index in [1.807, 2.05) is 11.8 Å². The molecule has 88 valence electrons. The lowest BCUT2D eigenvalue weighted by Crippen LogP contribution is -2.31. The van der Waals surface area contributed by atoms with Gasteiger partial charge in [-0.25, -0.2) is 4.98 Å². The van der Waals surface area contributed by atoms with Crippen molar-refractivity contribution in [3.63, 3.8) is 0 Å². The summed E-state index contributed by atoms with van der Waals surface area (Å²) in [7, 11) is 1.75. The van der Waals surface area contributed by atoms with E-state index in [2.05, 4.69) is 16.6 Å². The maximum atomic E-state index is 11.8. The zero-order chi connectivity index (χ0) is 11.5. The Kier molecular flexibility index (Phi) is 3.53. The summed E-state index contributed by atoms with van der Waals surface area (Å²) in [5.74, 6) is 0.482. The zero-order valence-electron chi connectivity index (χ0n) is 9.64. The van der Waals surface area contributed by atoms with Crippen LogP contribution in [0.2, 0.25) is 0 Å². The van der Waals surface area contributed by atoms with Crippen LogP contribution in [0.25, 0.3) is 0 Å². The molecule has 1 heterocycles. The Labute approximate surface area is 99.5 Å². The third-order valence-corrected chi connectivity index (χ3v) is 4.26. The third-order valence-electron chi connectivity index (χ3n) is 3.09. The molecule has 0 aromatic carbocycles. The van der Waals surface area contributed by atoms with E-state index in [0.29, 0.717) is 17.1 Å². The van der Waals surface area contributed by atoms with Crippen molar-refractivity contribution in [1.29, 1.82) is 0 Å². The van der Waals surface area contributed by atoms with Crippen LogP contribution in [0.15, 0.2) is 17.2 Å². The first-order valence-electron chi connectivity index (χ1n) is 5.53. The Hall–Kier alpha value is -0.970. The van der Waals surface area contributed by atoms with Gasteiger partial charge in [-0.2, -0.15) is 11.8 Å². The summed E-state index contributed by atoms with van der Waals surface area (Å²) in [6.07, 6.45) is 9.05. The number of anilines is 1. The van der Waals surface area contributed by atoms with E-state index >= 15 is 0 Å². The molecule has 0 saturated heterocycles. The molecule has 0 bridgehead atoms. The molecule has 0 radical (unpaired) electrons. The predicted octanol–water partition coefficient (Wildman–Crippen LogP) is 1.48. The summed E-state index contributed by atoms with van der Waals surface area (Å²) in [6, 6.07) is 0.387. The van der Waals surface area contributed by atoms with E-state index in [9.17, 15) is 4.79 Å². The number of nitrogens with zero attached hydrogens (tertiary/aromatic N) is 2. The maximum absolute atomic E-state index is 11.8. The summed E-state index contributed by atoms with van der Waals surface area (Å²) in [6.45, 7) is 0. The molecule has 1 fully saturated rings. The molecular weight excluding hydrogens is 222 g/mol. The van der Waals surface area contributed by atoms with Gasteiger partial charge in [0.2, 0.25) is 0 Å². The molecule has 1 aromatic heterocycles. The van der Waals surface area contributed by atoms with Crippen molar-refractivity contribution in [2.45, 2.75) is 30.6 Å². The highest BCUT2D eigenvalue weighted by Gasteiger charge is 2.27. The summed E-state index contributed by atoms with van der Waals surface area (Å²) in [5, 5.41) is 3.89.